The van der Waals surface area contributed by atoms with E-state index in [1.807, 2.05) is 30.3 Å². The Morgan fingerprint density at radius 2 is 1.67 bits per heavy atom. The topological polar surface area (TPSA) is 72.0 Å². The van der Waals surface area contributed by atoms with E-state index in [0.29, 0.717) is 17.3 Å². The maximum atomic E-state index is 11.5. The van der Waals surface area contributed by atoms with Gasteiger partial charge in [-0.15, -0.1) is 0 Å². The summed E-state index contributed by atoms with van der Waals surface area (Å²) < 4.78 is 22.9. The molecule has 0 aliphatic carbocycles. The van der Waals surface area contributed by atoms with Gasteiger partial charge in [-0.1, -0.05) is 42.5 Å². The van der Waals surface area contributed by atoms with Crippen LogP contribution in [-0.4, -0.2) is 24.6 Å². The van der Waals surface area contributed by atoms with E-state index in [-0.39, 0.29) is 0 Å². The van der Waals surface area contributed by atoms with Crippen LogP contribution in [0.4, 0.5) is 5.82 Å². The molecule has 0 atom stereocenters. The molecule has 2 aromatic carbocycles. The Hall–Kier alpha value is -2.73. The molecule has 122 valence electrons. The molecule has 0 radical (unpaired) electrons. The molecule has 3 aromatic rings. The number of hydrogen-bond donors (Lipinski definition) is 1. The number of aromatic nitrogens is 2. The van der Waals surface area contributed by atoms with Crippen LogP contribution >= 0.6 is 0 Å². The number of nitrogens with zero attached hydrogens (tertiary/aromatic N) is 2. The largest absolute Gasteiger partial charge is 0.365 e. The van der Waals surface area contributed by atoms with Gasteiger partial charge in [0.2, 0.25) is 0 Å². The number of hydrogen-bond acceptors (Lipinski definition) is 5. The third-order valence-corrected chi connectivity index (χ3v) is 4.66. The minimum atomic E-state index is -3.17. The first-order valence-electron chi connectivity index (χ1n) is 7.43. The molecular formula is C18H17N3O2S. The van der Waals surface area contributed by atoms with Crippen LogP contribution in [0.15, 0.2) is 71.9 Å². The summed E-state index contributed by atoms with van der Waals surface area (Å²) in [5.41, 5.74) is 2.77. The molecule has 0 fully saturated rings. The normalized spacial score (nSPS) is 11.2. The second-order valence-electron chi connectivity index (χ2n) is 5.43. The Kier molecular flexibility index (Phi) is 4.57. The van der Waals surface area contributed by atoms with Crippen LogP contribution in [-0.2, 0) is 16.4 Å². The second kappa shape index (κ2) is 6.80. The second-order valence-corrected chi connectivity index (χ2v) is 7.44. The van der Waals surface area contributed by atoms with Gasteiger partial charge in [0.15, 0.2) is 9.84 Å². The zero-order valence-electron chi connectivity index (χ0n) is 13.2. The maximum absolute atomic E-state index is 11.5. The SMILES string of the molecule is CS(=O)(=O)c1ccc(CNc2cncc(-c3ccccc3)n2)cc1. The van der Waals surface area contributed by atoms with Crippen molar-refractivity contribution in [1.29, 1.82) is 0 Å². The predicted molar refractivity (Wildman–Crippen MR) is 94.3 cm³/mol. The molecule has 1 aromatic heterocycles. The first-order valence-corrected chi connectivity index (χ1v) is 9.32. The Bertz CT molecular complexity index is 924. The number of anilines is 1. The van der Waals surface area contributed by atoms with Gasteiger partial charge in [0.05, 0.1) is 23.0 Å². The zero-order valence-corrected chi connectivity index (χ0v) is 14.0. The van der Waals surface area contributed by atoms with E-state index < -0.39 is 9.84 Å². The van der Waals surface area contributed by atoms with Gasteiger partial charge in [-0.05, 0) is 17.7 Å². The van der Waals surface area contributed by atoms with Crippen molar-refractivity contribution in [3.05, 3.63) is 72.6 Å². The quantitative estimate of drug-likeness (QED) is 0.773. The third kappa shape index (κ3) is 3.97. The Labute approximate surface area is 141 Å². The highest BCUT2D eigenvalue weighted by Crippen LogP contribution is 2.17. The molecular weight excluding hydrogens is 322 g/mol. The van der Waals surface area contributed by atoms with Gasteiger partial charge in [-0.3, -0.25) is 4.98 Å². The van der Waals surface area contributed by atoms with Gasteiger partial charge >= 0.3 is 0 Å². The summed E-state index contributed by atoms with van der Waals surface area (Å²) in [6.07, 6.45) is 4.59. The molecule has 24 heavy (non-hydrogen) atoms. The van der Waals surface area contributed by atoms with E-state index in [1.165, 1.54) is 6.26 Å². The van der Waals surface area contributed by atoms with Gasteiger partial charge in [0.1, 0.15) is 5.82 Å². The van der Waals surface area contributed by atoms with E-state index in [2.05, 4.69) is 15.3 Å². The monoisotopic (exact) mass is 339 g/mol. The van der Waals surface area contributed by atoms with E-state index in [4.69, 9.17) is 0 Å². The highest BCUT2D eigenvalue weighted by atomic mass is 32.2. The first-order chi connectivity index (χ1) is 11.5. The molecule has 1 heterocycles. The summed E-state index contributed by atoms with van der Waals surface area (Å²) in [5, 5.41) is 3.21. The molecule has 6 heteroatoms. The Morgan fingerprint density at radius 3 is 2.33 bits per heavy atom. The minimum absolute atomic E-state index is 0.317. The fraction of sp³-hybridized carbons (Fsp3) is 0.111. The molecule has 0 saturated carbocycles. The van der Waals surface area contributed by atoms with Crippen molar-refractivity contribution in [2.45, 2.75) is 11.4 Å². The van der Waals surface area contributed by atoms with Crippen LogP contribution in [0, 0.1) is 0 Å². The molecule has 0 unspecified atom stereocenters. The van der Waals surface area contributed by atoms with Crippen molar-refractivity contribution in [2.75, 3.05) is 11.6 Å². The van der Waals surface area contributed by atoms with Crippen molar-refractivity contribution in [3.8, 4) is 11.3 Å². The van der Waals surface area contributed by atoms with Gasteiger partial charge in [-0.25, -0.2) is 13.4 Å². The van der Waals surface area contributed by atoms with Crippen molar-refractivity contribution in [1.82, 2.24) is 9.97 Å². The van der Waals surface area contributed by atoms with Crippen molar-refractivity contribution in [3.63, 3.8) is 0 Å². The highest BCUT2D eigenvalue weighted by Gasteiger charge is 2.06. The number of sulfone groups is 1. The molecule has 5 nitrogen and oxygen atoms in total. The maximum Gasteiger partial charge on any atom is 0.175 e. The van der Waals surface area contributed by atoms with Gasteiger partial charge in [0.25, 0.3) is 0 Å². The van der Waals surface area contributed by atoms with Crippen LogP contribution in [0.25, 0.3) is 11.3 Å². The zero-order chi connectivity index (χ0) is 17.0. The summed E-state index contributed by atoms with van der Waals surface area (Å²) >= 11 is 0. The summed E-state index contributed by atoms with van der Waals surface area (Å²) in [4.78, 5) is 9.08. The van der Waals surface area contributed by atoms with Gasteiger partial charge < -0.3 is 5.32 Å². The highest BCUT2D eigenvalue weighted by molar-refractivity contribution is 7.90. The molecule has 0 aliphatic rings. The molecule has 0 aliphatic heterocycles. The average Bonchev–Trinajstić information content (AvgIpc) is 2.61. The Balaban J connectivity index is 1.71. The first kappa shape index (κ1) is 16.1. The van der Waals surface area contributed by atoms with Crippen LogP contribution in [0.2, 0.25) is 0 Å². The minimum Gasteiger partial charge on any atom is -0.365 e. The van der Waals surface area contributed by atoms with Crippen LogP contribution in [0.3, 0.4) is 0 Å². The number of benzene rings is 2. The lowest BCUT2D eigenvalue weighted by Crippen LogP contribution is -2.03. The summed E-state index contributed by atoms with van der Waals surface area (Å²) in [5.74, 6) is 0.670. The molecule has 0 spiro atoms. The van der Waals surface area contributed by atoms with Crippen molar-refractivity contribution in [2.24, 2.45) is 0 Å². The Morgan fingerprint density at radius 1 is 0.958 bits per heavy atom. The van der Waals surface area contributed by atoms with Crippen LogP contribution in [0.5, 0.6) is 0 Å². The van der Waals surface area contributed by atoms with E-state index in [9.17, 15) is 8.42 Å². The fourth-order valence-corrected chi connectivity index (χ4v) is 2.88. The summed E-state index contributed by atoms with van der Waals surface area (Å²) in [6.45, 7) is 0.539. The van der Waals surface area contributed by atoms with E-state index >= 15 is 0 Å². The summed E-state index contributed by atoms with van der Waals surface area (Å²) in [6, 6.07) is 16.6. The van der Waals surface area contributed by atoms with Crippen molar-refractivity contribution < 1.29 is 8.42 Å². The van der Waals surface area contributed by atoms with Gasteiger partial charge in [0, 0.05) is 18.4 Å². The molecule has 1 N–H and O–H groups in total. The molecule has 0 amide bonds. The lowest BCUT2D eigenvalue weighted by atomic mass is 10.2. The van der Waals surface area contributed by atoms with E-state index in [0.717, 1.165) is 16.8 Å². The summed E-state index contributed by atoms with van der Waals surface area (Å²) in [7, 11) is -3.17. The smallest absolute Gasteiger partial charge is 0.175 e. The predicted octanol–water partition coefficient (Wildman–Crippen LogP) is 3.16. The van der Waals surface area contributed by atoms with E-state index in [1.54, 1.807) is 36.7 Å². The number of nitrogens with one attached hydrogen (secondary N) is 1. The average molecular weight is 339 g/mol. The molecule has 0 bridgehead atoms. The van der Waals surface area contributed by atoms with Crippen LogP contribution < -0.4 is 5.32 Å². The number of rotatable bonds is 5. The lowest BCUT2D eigenvalue weighted by molar-refractivity contribution is 0.602. The molecule has 3 rings (SSSR count). The fourth-order valence-electron chi connectivity index (χ4n) is 2.25. The standard InChI is InChI=1S/C18H17N3O2S/c1-24(22,23)16-9-7-14(8-10-16)11-20-18-13-19-12-17(21-18)15-5-3-2-4-6-15/h2-10,12-13H,11H2,1H3,(H,20,21). The van der Waals surface area contributed by atoms with Gasteiger partial charge in [-0.2, -0.15) is 0 Å². The molecule has 0 saturated heterocycles. The van der Waals surface area contributed by atoms with Crippen LogP contribution in [0.1, 0.15) is 5.56 Å². The lowest BCUT2D eigenvalue weighted by Gasteiger charge is -2.08. The van der Waals surface area contributed by atoms with Crippen molar-refractivity contribution >= 4 is 15.7 Å². The third-order valence-electron chi connectivity index (χ3n) is 3.53.